The summed E-state index contributed by atoms with van der Waals surface area (Å²) in [6.07, 6.45) is 6.70. The van der Waals surface area contributed by atoms with E-state index in [0.29, 0.717) is 11.8 Å². The zero-order chi connectivity index (χ0) is 16.2. The van der Waals surface area contributed by atoms with E-state index in [2.05, 4.69) is 25.6 Å². The van der Waals surface area contributed by atoms with Gasteiger partial charge < -0.3 is 15.4 Å². The van der Waals surface area contributed by atoms with Crippen LogP contribution in [0.3, 0.4) is 0 Å². The van der Waals surface area contributed by atoms with Gasteiger partial charge in [0.15, 0.2) is 11.1 Å². The molecule has 0 aromatic carbocycles. The molecule has 0 spiro atoms. The van der Waals surface area contributed by atoms with Crippen LogP contribution in [-0.2, 0) is 0 Å². The van der Waals surface area contributed by atoms with Gasteiger partial charge in [-0.15, -0.1) is 11.3 Å². The van der Waals surface area contributed by atoms with E-state index in [1.807, 2.05) is 17.5 Å². The van der Waals surface area contributed by atoms with Crippen LogP contribution in [-0.4, -0.2) is 35.6 Å². The van der Waals surface area contributed by atoms with Crippen LogP contribution in [0, 0.1) is 5.92 Å². The van der Waals surface area contributed by atoms with E-state index < -0.39 is 0 Å². The first-order valence-corrected chi connectivity index (χ1v) is 9.35. The van der Waals surface area contributed by atoms with E-state index in [1.165, 1.54) is 19.3 Å². The Morgan fingerprint density at radius 2 is 2.29 bits per heavy atom. The second-order valence-electron chi connectivity index (χ2n) is 6.14. The molecule has 1 aliphatic heterocycles. The number of aliphatic imine (C=N–C) groups is 1. The lowest BCUT2D eigenvalue weighted by atomic mass is 9.86. The van der Waals surface area contributed by atoms with Gasteiger partial charge in [0.2, 0.25) is 5.88 Å². The highest BCUT2D eigenvalue weighted by molar-refractivity contribution is 7.14. The highest BCUT2D eigenvalue weighted by atomic mass is 32.1. The zero-order valence-electron chi connectivity index (χ0n) is 13.5. The maximum Gasteiger partial charge on any atom is 0.222 e. The molecule has 126 valence electrons. The molecular weight excluding hydrogens is 322 g/mol. The summed E-state index contributed by atoms with van der Waals surface area (Å²) >= 11 is 1.56. The van der Waals surface area contributed by atoms with Crippen LogP contribution in [0.5, 0.6) is 5.88 Å². The van der Waals surface area contributed by atoms with Crippen molar-refractivity contribution in [3.63, 3.8) is 0 Å². The summed E-state index contributed by atoms with van der Waals surface area (Å²) < 4.78 is 5.95. The molecule has 0 atom stereocenters. The Balaban J connectivity index is 1.48. The Labute approximate surface area is 145 Å². The molecule has 24 heavy (non-hydrogen) atoms. The molecule has 1 saturated carbocycles. The van der Waals surface area contributed by atoms with Crippen molar-refractivity contribution in [2.75, 3.05) is 25.0 Å². The summed E-state index contributed by atoms with van der Waals surface area (Å²) in [4.78, 5) is 13.5. The first kappa shape index (κ1) is 15.4. The number of nitrogens with one attached hydrogen (secondary N) is 2. The molecular formula is C17H21N5OS. The van der Waals surface area contributed by atoms with E-state index in [4.69, 9.17) is 4.74 Å². The Morgan fingerprint density at radius 3 is 3.08 bits per heavy atom. The van der Waals surface area contributed by atoms with Gasteiger partial charge in [0.1, 0.15) is 0 Å². The molecule has 2 aromatic heterocycles. The number of thiazole rings is 1. The molecule has 6 nitrogen and oxygen atoms in total. The van der Waals surface area contributed by atoms with Gasteiger partial charge >= 0.3 is 0 Å². The molecule has 0 amide bonds. The molecule has 1 fully saturated rings. The smallest absolute Gasteiger partial charge is 0.222 e. The fourth-order valence-corrected chi connectivity index (χ4v) is 3.44. The van der Waals surface area contributed by atoms with Crippen LogP contribution in [0.25, 0.3) is 11.3 Å². The number of guanidine groups is 1. The van der Waals surface area contributed by atoms with Gasteiger partial charge in [0.25, 0.3) is 0 Å². The standard InChI is InChI=1S/C17H21N5OS/c1-4-12(5-1)10-23-15-13(6-2-7-18-15)14-11-24-17(21-14)22-16-19-8-3-9-20-16/h2,6-7,11-12H,1,3-5,8-10H2,(H2,19,20,21,22). The van der Waals surface area contributed by atoms with Gasteiger partial charge in [-0.1, -0.05) is 6.42 Å². The predicted octanol–water partition coefficient (Wildman–Crippen LogP) is 3.15. The van der Waals surface area contributed by atoms with Crippen LogP contribution >= 0.6 is 11.3 Å². The van der Waals surface area contributed by atoms with Gasteiger partial charge in [-0.2, -0.15) is 0 Å². The summed E-state index contributed by atoms with van der Waals surface area (Å²) in [5.74, 6) is 2.16. The van der Waals surface area contributed by atoms with Gasteiger partial charge in [-0.25, -0.2) is 9.97 Å². The summed E-state index contributed by atoms with van der Waals surface area (Å²) in [5, 5.41) is 9.34. The van der Waals surface area contributed by atoms with Crippen LogP contribution in [0.1, 0.15) is 25.7 Å². The van der Waals surface area contributed by atoms with Gasteiger partial charge in [0, 0.05) is 24.7 Å². The van der Waals surface area contributed by atoms with Crippen molar-refractivity contribution >= 4 is 22.4 Å². The van der Waals surface area contributed by atoms with Crippen molar-refractivity contribution in [1.82, 2.24) is 15.3 Å². The maximum atomic E-state index is 5.95. The number of hydrogen-bond donors (Lipinski definition) is 2. The third-order valence-electron chi connectivity index (χ3n) is 4.35. The summed E-state index contributed by atoms with van der Waals surface area (Å²) in [5.41, 5.74) is 1.83. The van der Waals surface area contributed by atoms with E-state index in [1.54, 1.807) is 17.5 Å². The van der Waals surface area contributed by atoms with Crippen LogP contribution in [0.4, 0.5) is 5.13 Å². The highest BCUT2D eigenvalue weighted by Gasteiger charge is 2.19. The van der Waals surface area contributed by atoms with Gasteiger partial charge in [-0.3, -0.25) is 4.99 Å². The van der Waals surface area contributed by atoms with E-state index in [9.17, 15) is 0 Å². The topological polar surface area (TPSA) is 71.4 Å². The maximum absolute atomic E-state index is 5.95. The van der Waals surface area contributed by atoms with Crippen molar-refractivity contribution in [2.24, 2.45) is 10.9 Å². The number of nitrogens with zero attached hydrogens (tertiary/aromatic N) is 3. The van der Waals surface area contributed by atoms with Crippen molar-refractivity contribution in [1.29, 1.82) is 0 Å². The highest BCUT2D eigenvalue weighted by Crippen LogP contribution is 2.32. The average Bonchev–Trinajstić information content (AvgIpc) is 3.03. The largest absolute Gasteiger partial charge is 0.477 e. The lowest BCUT2D eigenvalue weighted by Gasteiger charge is -2.25. The van der Waals surface area contributed by atoms with E-state index in [-0.39, 0.29) is 0 Å². The molecule has 1 aliphatic carbocycles. The molecule has 2 aliphatic rings. The Bertz CT molecular complexity index is 725. The quantitative estimate of drug-likeness (QED) is 0.873. The summed E-state index contributed by atoms with van der Waals surface area (Å²) in [6.45, 7) is 2.56. The normalized spacial score (nSPS) is 17.6. The fraction of sp³-hybridized carbons (Fsp3) is 0.471. The zero-order valence-corrected chi connectivity index (χ0v) is 14.3. The fourth-order valence-electron chi connectivity index (χ4n) is 2.73. The lowest BCUT2D eigenvalue weighted by Crippen LogP contribution is -2.35. The van der Waals surface area contributed by atoms with Crippen molar-refractivity contribution in [3.8, 4) is 17.1 Å². The first-order valence-electron chi connectivity index (χ1n) is 8.47. The van der Waals surface area contributed by atoms with Gasteiger partial charge in [0.05, 0.1) is 17.9 Å². The Kier molecular flexibility index (Phi) is 4.60. The van der Waals surface area contributed by atoms with Crippen molar-refractivity contribution in [2.45, 2.75) is 25.7 Å². The average molecular weight is 343 g/mol. The number of hydrogen-bond acceptors (Lipinski definition) is 7. The number of pyridine rings is 1. The molecule has 4 rings (SSSR count). The molecule has 3 heterocycles. The third kappa shape index (κ3) is 3.51. The third-order valence-corrected chi connectivity index (χ3v) is 5.11. The molecule has 0 bridgehead atoms. The van der Waals surface area contributed by atoms with Crippen LogP contribution in [0.15, 0.2) is 28.7 Å². The van der Waals surface area contributed by atoms with Crippen molar-refractivity contribution < 1.29 is 4.74 Å². The number of rotatable bonds is 5. The molecule has 7 heteroatoms. The lowest BCUT2D eigenvalue weighted by molar-refractivity contribution is 0.176. The molecule has 0 saturated heterocycles. The number of anilines is 1. The minimum Gasteiger partial charge on any atom is -0.477 e. The predicted molar refractivity (Wildman–Crippen MR) is 96.7 cm³/mol. The summed E-state index contributed by atoms with van der Waals surface area (Å²) in [7, 11) is 0. The SMILES string of the molecule is c1cnc(OCC2CCC2)c(-c2csc(NC3=NCCCN3)n2)c1. The second kappa shape index (κ2) is 7.17. The first-order chi connectivity index (χ1) is 11.9. The van der Waals surface area contributed by atoms with Crippen molar-refractivity contribution in [3.05, 3.63) is 23.7 Å². The minimum atomic E-state index is 0.675. The van der Waals surface area contributed by atoms with Crippen LogP contribution in [0.2, 0.25) is 0 Å². The Hall–Kier alpha value is -2.15. The van der Waals surface area contributed by atoms with E-state index in [0.717, 1.165) is 48.5 Å². The molecule has 2 aromatic rings. The second-order valence-corrected chi connectivity index (χ2v) is 7.00. The van der Waals surface area contributed by atoms with Crippen LogP contribution < -0.4 is 15.4 Å². The molecule has 0 radical (unpaired) electrons. The Morgan fingerprint density at radius 1 is 1.33 bits per heavy atom. The molecule has 2 N–H and O–H groups in total. The molecule has 0 unspecified atom stereocenters. The number of aromatic nitrogens is 2. The minimum absolute atomic E-state index is 0.675. The van der Waals surface area contributed by atoms with E-state index >= 15 is 0 Å². The summed E-state index contributed by atoms with van der Waals surface area (Å²) in [6, 6.07) is 3.93. The van der Waals surface area contributed by atoms with Gasteiger partial charge in [-0.05, 0) is 37.3 Å². The number of ether oxygens (including phenoxy) is 1. The monoisotopic (exact) mass is 343 g/mol.